The topological polar surface area (TPSA) is 83.4 Å². The third-order valence-corrected chi connectivity index (χ3v) is 5.71. The molecule has 1 aliphatic heterocycles. The van der Waals surface area contributed by atoms with E-state index in [0.717, 1.165) is 9.79 Å². The molecule has 160 valence electrons. The average molecular weight is 444 g/mol. The fourth-order valence-electron chi connectivity index (χ4n) is 3.07. The van der Waals surface area contributed by atoms with Gasteiger partial charge >= 0.3 is 0 Å². The number of para-hydroxylation sites is 3. The van der Waals surface area contributed by atoms with Crippen LogP contribution in [0.4, 0.5) is 5.69 Å². The number of ether oxygens (including phenoxy) is 2. The minimum Gasteiger partial charge on any atom is -0.486 e. The van der Waals surface area contributed by atoms with E-state index in [-0.39, 0.29) is 11.7 Å². The maximum absolute atomic E-state index is 12.7. The third-order valence-electron chi connectivity index (χ3n) is 4.63. The third kappa shape index (κ3) is 5.42. The number of carbonyl (C=O) groups excluding carboxylic acids is 1. The molecule has 4 rings (SSSR count). The Bertz CT molecular complexity index is 1160. The first-order chi connectivity index (χ1) is 15.7. The van der Waals surface area contributed by atoms with Gasteiger partial charge in [0.1, 0.15) is 24.4 Å². The van der Waals surface area contributed by atoms with E-state index < -0.39 is 5.91 Å². The van der Waals surface area contributed by atoms with Crippen LogP contribution in [0.2, 0.25) is 0 Å². The van der Waals surface area contributed by atoms with Crippen LogP contribution >= 0.6 is 11.8 Å². The Labute approximate surface area is 190 Å². The zero-order chi connectivity index (χ0) is 22.2. The Kier molecular flexibility index (Phi) is 6.95. The summed E-state index contributed by atoms with van der Waals surface area (Å²) < 4.78 is 11.5. The van der Waals surface area contributed by atoms with Gasteiger partial charge in [-0.2, -0.15) is 5.26 Å². The molecule has 0 fully saturated rings. The van der Waals surface area contributed by atoms with E-state index in [9.17, 15) is 10.1 Å². The van der Waals surface area contributed by atoms with E-state index in [0.29, 0.717) is 30.3 Å². The molecule has 1 atom stereocenters. The predicted octanol–water partition coefficient (Wildman–Crippen LogP) is 4.61. The second-order valence-corrected chi connectivity index (χ2v) is 8.06. The number of anilines is 1. The highest BCUT2D eigenvalue weighted by atomic mass is 32.2. The van der Waals surface area contributed by atoms with Gasteiger partial charge in [-0.25, -0.2) is 0 Å². The van der Waals surface area contributed by atoms with Crippen LogP contribution in [-0.4, -0.2) is 25.2 Å². The summed E-state index contributed by atoms with van der Waals surface area (Å²) in [6.07, 6.45) is 1.18. The van der Waals surface area contributed by atoms with Crippen molar-refractivity contribution in [2.45, 2.75) is 15.9 Å². The normalized spacial score (nSPS) is 14.8. The SMILES string of the molecule is N#C/C(=C/NCC1COc2ccccc2O1)C(=O)Nc1ccccc1Sc1ccccc1. The van der Waals surface area contributed by atoms with E-state index in [1.807, 2.05) is 84.9 Å². The molecule has 0 spiro atoms. The van der Waals surface area contributed by atoms with E-state index in [1.165, 1.54) is 6.20 Å². The van der Waals surface area contributed by atoms with Crippen molar-refractivity contribution >= 4 is 23.4 Å². The number of fused-ring (bicyclic) bond motifs is 1. The number of rotatable bonds is 7. The van der Waals surface area contributed by atoms with Crippen LogP contribution in [0, 0.1) is 11.3 Å². The lowest BCUT2D eigenvalue weighted by Crippen LogP contribution is -2.37. The van der Waals surface area contributed by atoms with E-state index in [1.54, 1.807) is 11.8 Å². The van der Waals surface area contributed by atoms with Crippen molar-refractivity contribution in [1.82, 2.24) is 5.32 Å². The van der Waals surface area contributed by atoms with Crippen LogP contribution in [0.3, 0.4) is 0 Å². The summed E-state index contributed by atoms with van der Waals surface area (Å²) in [6, 6.07) is 26.8. The molecule has 1 heterocycles. The Hall–Kier alpha value is -3.89. The lowest BCUT2D eigenvalue weighted by atomic mass is 10.2. The second kappa shape index (κ2) is 10.4. The zero-order valence-electron chi connectivity index (χ0n) is 17.2. The first kappa shape index (κ1) is 21.3. The van der Waals surface area contributed by atoms with E-state index in [2.05, 4.69) is 10.6 Å². The maximum atomic E-state index is 12.7. The first-order valence-corrected chi connectivity index (χ1v) is 10.9. The highest BCUT2D eigenvalue weighted by Gasteiger charge is 2.20. The average Bonchev–Trinajstić information content (AvgIpc) is 2.83. The summed E-state index contributed by atoms with van der Waals surface area (Å²) in [5, 5.41) is 15.3. The molecule has 7 heteroatoms. The van der Waals surface area contributed by atoms with Crippen molar-refractivity contribution in [3.63, 3.8) is 0 Å². The van der Waals surface area contributed by atoms with Gasteiger partial charge in [-0.3, -0.25) is 4.79 Å². The molecule has 3 aromatic carbocycles. The van der Waals surface area contributed by atoms with Crippen LogP contribution < -0.4 is 20.1 Å². The van der Waals surface area contributed by atoms with Crippen LogP contribution in [0.15, 0.2) is 100 Å². The molecule has 1 amide bonds. The molecule has 6 nitrogen and oxygen atoms in total. The van der Waals surface area contributed by atoms with Crippen molar-refractivity contribution in [3.05, 3.63) is 90.6 Å². The zero-order valence-corrected chi connectivity index (χ0v) is 18.0. The van der Waals surface area contributed by atoms with Crippen molar-refractivity contribution in [2.75, 3.05) is 18.5 Å². The van der Waals surface area contributed by atoms with Gasteiger partial charge in [0.2, 0.25) is 0 Å². The molecule has 1 unspecified atom stereocenters. The Morgan fingerprint density at radius 2 is 1.75 bits per heavy atom. The van der Waals surface area contributed by atoms with Crippen molar-refractivity contribution in [3.8, 4) is 17.6 Å². The summed E-state index contributed by atoms with van der Waals surface area (Å²) in [5.74, 6) is 0.913. The molecule has 0 saturated carbocycles. The van der Waals surface area contributed by atoms with Crippen LogP contribution in [-0.2, 0) is 4.79 Å². The largest absolute Gasteiger partial charge is 0.486 e. The summed E-state index contributed by atoms with van der Waals surface area (Å²) in [5.41, 5.74) is 0.620. The lowest BCUT2D eigenvalue weighted by molar-refractivity contribution is -0.112. The summed E-state index contributed by atoms with van der Waals surface area (Å²) in [7, 11) is 0. The summed E-state index contributed by atoms with van der Waals surface area (Å²) in [4.78, 5) is 14.6. The number of nitrogens with one attached hydrogen (secondary N) is 2. The molecule has 0 bridgehead atoms. The number of nitriles is 1. The fraction of sp³-hybridized carbons (Fsp3) is 0.120. The number of hydrogen-bond acceptors (Lipinski definition) is 6. The molecule has 0 saturated heterocycles. The number of carbonyl (C=O) groups is 1. The molecular weight excluding hydrogens is 422 g/mol. The van der Waals surface area contributed by atoms with Gasteiger partial charge in [-0.15, -0.1) is 0 Å². The Balaban J connectivity index is 1.36. The second-order valence-electron chi connectivity index (χ2n) is 6.94. The van der Waals surface area contributed by atoms with Crippen LogP contribution in [0.5, 0.6) is 11.5 Å². The first-order valence-electron chi connectivity index (χ1n) is 10.1. The Morgan fingerprint density at radius 1 is 1.03 bits per heavy atom. The monoisotopic (exact) mass is 443 g/mol. The standard InChI is InChI=1S/C25H21N3O3S/c26-14-18(15-27-16-19-17-30-22-11-5-6-12-23(22)31-19)25(29)28-21-10-4-7-13-24(21)32-20-8-2-1-3-9-20/h1-13,15,19,27H,16-17H2,(H,28,29)/b18-15-. The molecule has 0 radical (unpaired) electrons. The number of amides is 1. The Morgan fingerprint density at radius 3 is 2.56 bits per heavy atom. The molecule has 32 heavy (non-hydrogen) atoms. The van der Waals surface area contributed by atoms with Crippen molar-refractivity contribution in [2.24, 2.45) is 0 Å². The fourth-order valence-corrected chi connectivity index (χ4v) is 3.99. The van der Waals surface area contributed by atoms with Gasteiger partial charge in [0.05, 0.1) is 12.2 Å². The van der Waals surface area contributed by atoms with Gasteiger partial charge in [0.25, 0.3) is 5.91 Å². The highest BCUT2D eigenvalue weighted by molar-refractivity contribution is 7.99. The van der Waals surface area contributed by atoms with Crippen molar-refractivity contribution < 1.29 is 14.3 Å². The van der Waals surface area contributed by atoms with Gasteiger partial charge in [0.15, 0.2) is 11.5 Å². The van der Waals surface area contributed by atoms with E-state index >= 15 is 0 Å². The van der Waals surface area contributed by atoms with Crippen LogP contribution in [0.1, 0.15) is 0 Å². The molecule has 1 aliphatic rings. The highest BCUT2D eigenvalue weighted by Crippen LogP contribution is 2.33. The molecular formula is C25H21N3O3S. The van der Waals surface area contributed by atoms with Gasteiger partial charge < -0.3 is 20.1 Å². The quantitative estimate of drug-likeness (QED) is 0.410. The number of benzene rings is 3. The van der Waals surface area contributed by atoms with E-state index in [4.69, 9.17) is 9.47 Å². The number of nitrogens with zero attached hydrogens (tertiary/aromatic N) is 1. The van der Waals surface area contributed by atoms with Gasteiger partial charge in [0, 0.05) is 16.0 Å². The summed E-state index contributed by atoms with van der Waals surface area (Å²) >= 11 is 1.54. The minimum atomic E-state index is -0.479. The van der Waals surface area contributed by atoms with Gasteiger partial charge in [-0.1, -0.05) is 54.2 Å². The van der Waals surface area contributed by atoms with Crippen molar-refractivity contribution in [1.29, 1.82) is 5.26 Å². The molecule has 2 N–H and O–H groups in total. The molecule has 0 aliphatic carbocycles. The molecule has 3 aromatic rings. The van der Waals surface area contributed by atoms with Crippen LogP contribution in [0.25, 0.3) is 0 Å². The summed E-state index contributed by atoms with van der Waals surface area (Å²) in [6.45, 7) is 0.781. The minimum absolute atomic E-state index is 0.0263. The maximum Gasteiger partial charge on any atom is 0.267 e. The number of hydrogen-bond donors (Lipinski definition) is 2. The van der Waals surface area contributed by atoms with Gasteiger partial charge in [-0.05, 0) is 36.4 Å². The lowest BCUT2D eigenvalue weighted by Gasteiger charge is -2.26. The molecule has 0 aromatic heterocycles. The predicted molar refractivity (Wildman–Crippen MR) is 124 cm³/mol. The smallest absolute Gasteiger partial charge is 0.267 e.